The lowest BCUT2D eigenvalue weighted by Crippen LogP contribution is -2.51. The summed E-state index contributed by atoms with van der Waals surface area (Å²) in [7, 11) is 3.42. The Bertz CT molecular complexity index is 1370. The Kier molecular flexibility index (Phi) is 5.08. The molecule has 184 valence electrons. The summed E-state index contributed by atoms with van der Waals surface area (Å²) in [5, 5.41) is 13.9. The van der Waals surface area contributed by atoms with Crippen LogP contribution in [0.15, 0.2) is 35.4 Å². The van der Waals surface area contributed by atoms with E-state index >= 15 is 0 Å². The van der Waals surface area contributed by atoms with Gasteiger partial charge in [-0.3, -0.25) is 9.59 Å². The number of carbonyl (C=O) groups excluding carboxylic acids is 1. The Balaban J connectivity index is 1.30. The van der Waals surface area contributed by atoms with Gasteiger partial charge in [-0.1, -0.05) is 6.92 Å². The summed E-state index contributed by atoms with van der Waals surface area (Å²) in [6.07, 6.45) is 5.16. The number of hydrogen-bond donors (Lipinski definition) is 3. The van der Waals surface area contributed by atoms with E-state index in [0.717, 1.165) is 12.8 Å². The van der Waals surface area contributed by atoms with Gasteiger partial charge in [0.15, 0.2) is 17.2 Å². The third kappa shape index (κ3) is 3.41. The third-order valence-electron chi connectivity index (χ3n) is 7.84. The van der Waals surface area contributed by atoms with Crippen molar-refractivity contribution in [1.82, 2.24) is 24.5 Å². The van der Waals surface area contributed by atoms with Crippen molar-refractivity contribution in [3.05, 3.63) is 46.6 Å². The average Bonchev–Trinajstić information content (AvgIpc) is 3.13. The number of amides is 1. The fourth-order valence-electron chi connectivity index (χ4n) is 5.52. The van der Waals surface area contributed by atoms with E-state index < -0.39 is 0 Å². The summed E-state index contributed by atoms with van der Waals surface area (Å²) in [5.41, 5.74) is 1.83. The Morgan fingerprint density at radius 1 is 1.31 bits per heavy atom. The van der Waals surface area contributed by atoms with Crippen LogP contribution in [0.2, 0.25) is 0 Å². The fraction of sp³-hybridized carbons (Fsp3) is 0.500. The van der Waals surface area contributed by atoms with E-state index in [2.05, 4.69) is 33.0 Å². The van der Waals surface area contributed by atoms with E-state index in [1.54, 1.807) is 30.9 Å². The number of pyridine rings is 1. The minimum atomic E-state index is -0.270. The highest BCUT2D eigenvalue weighted by Gasteiger charge is 2.66. The van der Waals surface area contributed by atoms with Crippen molar-refractivity contribution in [3.63, 3.8) is 0 Å². The summed E-state index contributed by atoms with van der Waals surface area (Å²) in [5.74, 6) is 0.516. The second kappa shape index (κ2) is 8.06. The second-order valence-electron chi connectivity index (χ2n) is 9.84. The first-order chi connectivity index (χ1) is 16.9. The van der Waals surface area contributed by atoms with Crippen molar-refractivity contribution in [2.45, 2.75) is 38.0 Å². The number of hydrogen-bond acceptors (Lipinski definition) is 8. The number of imidazole rings is 1. The lowest BCUT2D eigenvalue weighted by atomic mass is 9.89. The molecule has 2 aliphatic carbocycles. The first-order valence-electron chi connectivity index (χ1n) is 11.9. The zero-order valence-electron chi connectivity index (χ0n) is 19.9. The first kappa shape index (κ1) is 22.1. The van der Waals surface area contributed by atoms with E-state index in [1.807, 2.05) is 12.3 Å². The predicted octanol–water partition coefficient (Wildman–Crippen LogP) is 1.79. The monoisotopic (exact) mass is 479 g/mol. The van der Waals surface area contributed by atoms with Crippen LogP contribution >= 0.6 is 0 Å². The lowest BCUT2D eigenvalue weighted by Gasteiger charge is -2.35. The number of nitrogens with zero attached hydrogens (tertiary/aromatic N) is 4. The van der Waals surface area contributed by atoms with Gasteiger partial charge in [-0.2, -0.15) is 0 Å². The van der Waals surface area contributed by atoms with Gasteiger partial charge in [0.1, 0.15) is 5.69 Å². The maximum absolute atomic E-state index is 13.3. The van der Waals surface area contributed by atoms with Crippen LogP contribution in [0.5, 0.6) is 0 Å². The fourth-order valence-corrected chi connectivity index (χ4v) is 5.52. The zero-order chi connectivity index (χ0) is 24.3. The molecule has 3 aromatic rings. The smallest absolute Gasteiger partial charge is 0.274 e. The maximum atomic E-state index is 13.3. The zero-order valence-corrected chi connectivity index (χ0v) is 19.9. The molecule has 11 heteroatoms. The molecule has 4 heterocycles. The van der Waals surface area contributed by atoms with Crippen molar-refractivity contribution in [2.75, 3.05) is 38.0 Å². The molecule has 0 radical (unpaired) electrons. The molecule has 0 spiro atoms. The Morgan fingerprint density at radius 2 is 2.17 bits per heavy atom. The van der Waals surface area contributed by atoms with Crippen LogP contribution in [0.4, 0.5) is 17.2 Å². The molecule has 3 N–H and O–H groups in total. The molecule has 6 rings (SSSR count). The molecule has 2 saturated carbocycles. The SMILES string of the molecule is CNc1cc(Nc2cccn([C@H]3[C@@H]4COCC34C)c2=O)nn2c(C(=O)N[C@@H]3CC[C@H]3OC)cnc12. The Morgan fingerprint density at radius 3 is 2.86 bits per heavy atom. The number of rotatable bonds is 7. The van der Waals surface area contributed by atoms with Gasteiger partial charge in [0.2, 0.25) is 0 Å². The topological polar surface area (TPSA) is 124 Å². The highest BCUT2D eigenvalue weighted by Crippen LogP contribution is 2.64. The molecule has 1 unspecified atom stereocenters. The minimum Gasteiger partial charge on any atom is -0.385 e. The quantitative estimate of drug-likeness (QED) is 0.469. The predicted molar refractivity (Wildman–Crippen MR) is 129 cm³/mol. The van der Waals surface area contributed by atoms with Gasteiger partial charge in [-0.05, 0) is 25.0 Å². The van der Waals surface area contributed by atoms with Gasteiger partial charge in [0.25, 0.3) is 11.5 Å². The Hall–Kier alpha value is -3.44. The molecule has 3 fully saturated rings. The molecule has 0 aromatic carbocycles. The highest BCUT2D eigenvalue weighted by molar-refractivity contribution is 5.94. The van der Waals surface area contributed by atoms with Gasteiger partial charge in [0.05, 0.1) is 43.3 Å². The number of nitrogens with one attached hydrogen (secondary N) is 3. The van der Waals surface area contributed by atoms with Crippen LogP contribution in [-0.4, -0.2) is 64.6 Å². The number of aromatic nitrogens is 4. The van der Waals surface area contributed by atoms with E-state index in [1.165, 1.54) is 10.7 Å². The summed E-state index contributed by atoms with van der Waals surface area (Å²) < 4.78 is 14.2. The molecular formula is C24H29N7O4. The number of fused-ring (bicyclic) bond motifs is 2. The van der Waals surface area contributed by atoms with Gasteiger partial charge in [-0.25, -0.2) is 9.50 Å². The van der Waals surface area contributed by atoms with Gasteiger partial charge in [-0.15, -0.1) is 5.10 Å². The van der Waals surface area contributed by atoms with Crippen molar-refractivity contribution in [1.29, 1.82) is 0 Å². The average molecular weight is 480 g/mol. The number of carbonyl (C=O) groups is 1. The molecule has 0 bridgehead atoms. The molecule has 3 aromatic heterocycles. The normalized spacial score (nSPS) is 28.9. The first-order valence-corrected chi connectivity index (χ1v) is 11.9. The van der Waals surface area contributed by atoms with Crippen LogP contribution in [-0.2, 0) is 9.47 Å². The molecule has 1 aliphatic heterocycles. The molecule has 1 amide bonds. The molecule has 5 atom stereocenters. The number of ether oxygens (including phenoxy) is 2. The third-order valence-corrected chi connectivity index (χ3v) is 7.84. The van der Waals surface area contributed by atoms with Gasteiger partial charge < -0.3 is 30.0 Å². The van der Waals surface area contributed by atoms with Crippen molar-refractivity contribution in [3.8, 4) is 0 Å². The van der Waals surface area contributed by atoms with Crippen LogP contribution < -0.4 is 21.5 Å². The summed E-state index contributed by atoms with van der Waals surface area (Å²) in [4.78, 5) is 30.7. The summed E-state index contributed by atoms with van der Waals surface area (Å²) >= 11 is 0. The number of methoxy groups -OCH3 is 1. The van der Waals surface area contributed by atoms with E-state index in [-0.39, 0.29) is 35.1 Å². The summed E-state index contributed by atoms with van der Waals surface area (Å²) in [6, 6.07) is 5.49. The van der Waals surface area contributed by atoms with Crippen LogP contribution in [0, 0.1) is 11.3 Å². The van der Waals surface area contributed by atoms with Crippen molar-refractivity contribution < 1.29 is 14.3 Å². The highest BCUT2D eigenvalue weighted by atomic mass is 16.5. The number of anilines is 3. The second-order valence-corrected chi connectivity index (χ2v) is 9.84. The molecule has 11 nitrogen and oxygen atoms in total. The molecular weight excluding hydrogens is 450 g/mol. The van der Waals surface area contributed by atoms with E-state index in [4.69, 9.17) is 9.47 Å². The van der Waals surface area contributed by atoms with Crippen molar-refractivity contribution >= 4 is 28.7 Å². The maximum Gasteiger partial charge on any atom is 0.274 e. The van der Waals surface area contributed by atoms with E-state index in [9.17, 15) is 9.59 Å². The van der Waals surface area contributed by atoms with Gasteiger partial charge in [0, 0.05) is 37.8 Å². The van der Waals surface area contributed by atoms with Crippen molar-refractivity contribution in [2.24, 2.45) is 11.3 Å². The standard InChI is InChI=1S/C24H29N7O4/c1-24-12-35-11-13(24)20(24)30-8-4-5-15(23(30)33)27-19-9-16(25-2)21-26-10-17(31(21)29-19)22(32)28-14-6-7-18(14)34-3/h4-5,8-10,13-14,18,20,25H,6-7,11-12H2,1-3H3,(H,27,29)(H,28,32)/t13-,14+,18+,20-,24?/m0/s1. The van der Waals surface area contributed by atoms with E-state index in [0.29, 0.717) is 47.7 Å². The minimum absolute atomic E-state index is 0.0141. The van der Waals surface area contributed by atoms with Gasteiger partial charge >= 0.3 is 0 Å². The lowest BCUT2D eigenvalue weighted by molar-refractivity contribution is 0.00718. The van der Waals surface area contributed by atoms with Crippen LogP contribution in [0.3, 0.4) is 0 Å². The summed E-state index contributed by atoms with van der Waals surface area (Å²) in [6.45, 7) is 3.53. The molecule has 35 heavy (non-hydrogen) atoms. The molecule has 1 saturated heterocycles. The van der Waals surface area contributed by atoms with Crippen LogP contribution in [0.25, 0.3) is 5.65 Å². The van der Waals surface area contributed by atoms with Crippen LogP contribution in [0.1, 0.15) is 36.3 Å². The molecule has 3 aliphatic rings. The Labute approximate surface area is 201 Å². The largest absolute Gasteiger partial charge is 0.385 e.